The summed E-state index contributed by atoms with van der Waals surface area (Å²) in [6.45, 7) is 3.54. The number of hydrogen-bond donors (Lipinski definition) is 1. The second-order valence-electron chi connectivity index (χ2n) is 6.53. The zero-order valence-electron chi connectivity index (χ0n) is 14.2. The summed E-state index contributed by atoms with van der Waals surface area (Å²) in [5.41, 5.74) is 4.83. The van der Waals surface area contributed by atoms with Crippen LogP contribution in [0, 0.1) is 6.92 Å². The van der Waals surface area contributed by atoms with Crippen molar-refractivity contribution >= 4 is 0 Å². The summed E-state index contributed by atoms with van der Waals surface area (Å²) in [6.07, 6.45) is 0.868. The minimum absolute atomic E-state index is 0.0707. The number of aromatic nitrogens is 2. The Balaban J connectivity index is 1.64. The van der Waals surface area contributed by atoms with Gasteiger partial charge in [0.15, 0.2) is 0 Å². The molecule has 0 aliphatic carbocycles. The second-order valence-corrected chi connectivity index (χ2v) is 6.53. The lowest BCUT2D eigenvalue weighted by Crippen LogP contribution is -2.34. The molecule has 0 bridgehead atoms. The molecule has 0 amide bonds. The highest BCUT2D eigenvalue weighted by Gasteiger charge is 2.31. The number of fused-ring (bicyclic) bond motifs is 1. The summed E-state index contributed by atoms with van der Waals surface area (Å²) < 4.78 is 5.75. The summed E-state index contributed by atoms with van der Waals surface area (Å²) >= 11 is 0. The second kappa shape index (κ2) is 6.78. The molecule has 0 radical (unpaired) electrons. The fraction of sp³-hybridized carbons (Fsp3) is 0.300. The fourth-order valence-electron chi connectivity index (χ4n) is 3.42. The van der Waals surface area contributed by atoms with Gasteiger partial charge in [0.2, 0.25) is 11.8 Å². The first-order valence-electron chi connectivity index (χ1n) is 8.52. The van der Waals surface area contributed by atoms with E-state index in [0.29, 0.717) is 11.8 Å². The molecule has 0 saturated heterocycles. The summed E-state index contributed by atoms with van der Waals surface area (Å²) in [5.74, 6) is 1.28. The van der Waals surface area contributed by atoms with Crippen molar-refractivity contribution in [2.75, 3.05) is 0 Å². The molecule has 0 fully saturated rings. The first kappa shape index (κ1) is 16.0. The van der Waals surface area contributed by atoms with Crippen LogP contribution in [0.2, 0.25) is 0 Å². The maximum Gasteiger partial charge on any atom is 0.233 e. The lowest BCUT2D eigenvalue weighted by molar-refractivity contribution is 0.137. The van der Waals surface area contributed by atoms with Crippen molar-refractivity contribution in [3.8, 4) is 0 Å². The van der Waals surface area contributed by atoms with Crippen molar-refractivity contribution in [1.29, 1.82) is 0 Å². The van der Waals surface area contributed by atoms with Crippen molar-refractivity contribution in [2.45, 2.75) is 39.1 Å². The van der Waals surface area contributed by atoms with Gasteiger partial charge in [-0.2, -0.15) is 0 Å². The average molecular weight is 335 g/mol. The normalized spacial score (nSPS) is 17.4. The van der Waals surface area contributed by atoms with Gasteiger partial charge >= 0.3 is 0 Å². The van der Waals surface area contributed by atoms with Gasteiger partial charge in [0.05, 0.1) is 12.6 Å². The number of nitrogens with zero attached hydrogens (tertiary/aromatic N) is 3. The van der Waals surface area contributed by atoms with Crippen molar-refractivity contribution in [2.24, 2.45) is 0 Å². The molecule has 25 heavy (non-hydrogen) atoms. The maximum absolute atomic E-state index is 9.21. The molecule has 1 aromatic heterocycles. The summed E-state index contributed by atoms with van der Waals surface area (Å²) in [4.78, 5) is 2.38. The van der Waals surface area contributed by atoms with Gasteiger partial charge in [-0.15, -0.1) is 10.2 Å². The molecule has 2 aromatic carbocycles. The quantitative estimate of drug-likeness (QED) is 0.793. The summed E-state index contributed by atoms with van der Waals surface area (Å²) in [5, 5.41) is 17.5. The van der Waals surface area contributed by atoms with E-state index in [-0.39, 0.29) is 12.6 Å². The molecule has 5 heteroatoms. The number of rotatable bonds is 4. The number of benzene rings is 2. The van der Waals surface area contributed by atoms with E-state index in [0.717, 1.165) is 25.1 Å². The molecule has 2 heterocycles. The topological polar surface area (TPSA) is 62.4 Å². The monoisotopic (exact) mass is 335 g/mol. The lowest BCUT2D eigenvalue weighted by Gasteiger charge is -2.35. The third-order valence-electron chi connectivity index (χ3n) is 4.76. The van der Waals surface area contributed by atoms with E-state index in [2.05, 4.69) is 51.5 Å². The average Bonchev–Trinajstić information content (AvgIpc) is 3.08. The van der Waals surface area contributed by atoms with Crippen LogP contribution < -0.4 is 0 Å². The molecule has 1 atom stereocenters. The van der Waals surface area contributed by atoms with Crippen molar-refractivity contribution < 1.29 is 9.52 Å². The first-order valence-corrected chi connectivity index (χ1v) is 8.52. The van der Waals surface area contributed by atoms with Crippen molar-refractivity contribution in [3.63, 3.8) is 0 Å². The molecule has 128 valence electrons. The van der Waals surface area contributed by atoms with E-state index in [1.54, 1.807) is 0 Å². The van der Waals surface area contributed by atoms with Crippen LogP contribution in [0.5, 0.6) is 0 Å². The predicted molar refractivity (Wildman–Crippen MR) is 93.5 cm³/mol. The molecule has 1 N–H and O–H groups in total. The molecule has 0 saturated carbocycles. The third kappa shape index (κ3) is 3.34. The van der Waals surface area contributed by atoms with E-state index in [9.17, 15) is 5.11 Å². The van der Waals surface area contributed by atoms with Gasteiger partial charge in [0.25, 0.3) is 0 Å². The molecular formula is C20H21N3O2. The number of aliphatic hydroxyl groups excluding tert-OH is 1. The minimum Gasteiger partial charge on any atom is -0.424 e. The van der Waals surface area contributed by atoms with Crippen LogP contribution in [0.1, 0.15) is 40.1 Å². The highest BCUT2D eigenvalue weighted by molar-refractivity contribution is 5.31. The molecule has 1 aliphatic heterocycles. The van der Waals surface area contributed by atoms with E-state index in [4.69, 9.17) is 4.42 Å². The van der Waals surface area contributed by atoms with Gasteiger partial charge in [-0.3, -0.25) is 4.90 Å². The van der Waals surface area contributed by atoms with Crippen LogP contribution in [0.3, 0.4) is 0 Å². The van der Waals surface area contributed by atoms with Crippen LogP contribution >= 0.6 is 0 Å². The van der Waals surface area contributed by atoms with Crippen LogP contribution in [-0.2, 0) is 26.1 Å². The van der Waals surface area contributed by atoms with Gasteiger partial charge in [-0.1, -0.05) is 48.5 Å². The Hall–Kier alpha value is -2.50. The van der Waals surface area contributed by atoms with Crippen molar-refractivity contribution in [1.82, 2.24) is 15.1 Å². The Morgan fingerprint density at radius 1 is 1.04 bits per heavy atom. The Labute approximate surface area is 146 Å². The van der Waals surface area contributed by atoms with E-state index in [1.807, 2.05) is 19.1 Å². The van der Waals surface area contributed by atoms with Gasteiger partial charge in [0, 0.05) is 20.0 Å². The third-order valence-corrected chi connectivity index (χ3v) is 4.76. The molecule has 1 unspecified atom stereocenters. The van der Waals surface area contributed by atoms with Gasteiger partial charge in [0.1, 0.15) is 0 Å². The molecule has 0 spiro atoms. The van der Waals surface area contributed by atoms with E-state index < -0.39 is 0 Å². The van der Waals surface area contributed by atoms with Crippen LogP contribution in [-0.4, -0.2) is 20.2 Å². The largest absolute Gasteiger partial charge is 0.424 e. The summed E-state index contributed by atoms with van der Waals surface area (Å²) in [6, 6.07) is 16.7. The van der Waals surface area contributed by atoms with Crippen LogP contribution in [0.25, 0.3) is 0 Å². The Morgan fingerprint density at radius 3 is 2.44 bits per heavy atom. The first-order chi connectivity index (χ1) is 12.2. The zero-order valence-corrected chi connectivity index (χ0v) is 14.2. The number of aliphatic hydroxyl groups is 1. The number of hydrogen-bond acceptors (Lipinski definition) is 5. The standard InChI is InChI=1S/C20H21N3O2/c1-14-21-22-20(25-14)19-10-17-4-2-3-5-18(17)12-23(19)11-15-6-8-16(13-24)9-7-15/h2-9,19,24H,10-13H2,1H3. The SMILES string of the molecule is Cc1nnc(C2Cc3ccccc3CN2Cc2ccc(CO)cc2)o1. The number of aryl methyl sites for hydroxylation is 1. The van der Waals surface area contributed by atoms with Gasteiger partial charge < -0.3 is 9.52 Å². The molecule has 1 aliphatic rings. The highest BCUT2D eigenvalue weighted by atomic mass is 16.4. The Morgan fingerprint density at radius 2 is 1.76 bits per heavy atom. The molecule has 3 aromatic rings. The van der Waals surface area contributed by atoms with Crippen molar-refractivity contribution in [3.05, 3.63) is 82.6 Å². The van der Waals surface area contributed by atoms with Crippen LogP contribution in [0.4, 0.5) is 0 Å². The maximum atomic E-state index is 9.21. The van der Waals surface area contributed by atoms with Crippen LogP contribution in [0.15, 0.2) is 52.9 Å². The fourth-order valence-corrected chi connectivity index (χ4v) is 3.42. The Bertz CT molecular complexity index is 857. The molecular weight excluding hydrogens is 314 g/mol. The molecule has 4 rings (SSSR count). The Kier molecular flexibility index (Phi) is 4.34. The smallest absolute Gasteiger partial charge is 0.233 e. The highest BCUT2D eigenvalue weighted by Crippen LogP contribution is 2.33. The van der Waals surface area contributed by atoms with E-state index in [1.165, 1.54) is 16.7 Å². The molecule has 5 nitrogen and oxygen atoms in total. The van der Waals surface area contributed by atoms with Gasteiger partial charge in [-0.25, -0.2) is 0 Å². The predicted octanol–water partition coefficient (Wildman–Crippen LogP) is 3.17. The lowest BCUT2D eigenvalue weighted by atomic mass is 9.93. The van der Waals surface area contributed by atoms with E-state index >= 15 is 0 Å². The minimum atomic E-state index is 0.0707. The summed E-state index contributed by atoms with van der Waals surface area (Å²) in [7, 11) is 0. The zero-order chi connectivity index (χ0) is 17.2. The van der Waals surface area contributed by atoms with Gasteiger partial charge in [-0.05, 0) is 28.7 Å².